The average molecular weight is 308 g/mol. The van der Waals surface area contributed by atoms with Crippen LogP contribution in [0.15, 0.2) is 18.5 Å². The van der Waals surface area contributed by atoms with Crippen LogP contribution in [0.3, 0.4) is 0 Å². The molecule has 1 aromatic heterocycles. The number of rotatable bonds is 7. The number of carbonyl (C=O) groups is 1. The van der Waals surface area contributed by atoms with Gasteiger partial charge in [-0.25, -0.2) is 4.39 Å². The van der Waals surface area contributed by atoms with Crippen LogP contribution in [0.2, 0.25) is 0 Å². The minimum absolute atomic E-state index is 0.167. The van der Waals surface area contributed by atoms with Crippen molar-refractivity contribution in [3.63, 3.8) is 0 Å². The topological polar surface area (TPSA) is 42.4 Å². The zero-order valence-electron chi connectivity index (χ0n) is 11.5. The van der Waals surface area contributed by atoms with Gasteiger partial charge in [0.1, 0.15) is 6.54 Å². The van der Waals surface area contributed by atoms with E-state index in [1.165, 1.54) is 0 Å². The van der Waals surface area contributed by atoms with Gasteiger partial charge in [0.15, 0.2) is 5.82 Å². The molecule has 0 N–H and O–H groups in total. The number of pyridine rings is 1. The Morgan fingerprint density at radius 3 is 2.71 bits per heavy atom. The van der Waals surface area contributed by atoms with Crippen molar-refractivity contribution in [1.29, 1.82) is 0 Å². The molecular formula is C13H16F4N2O2. The number of halogens is 4. The van der Waals surface area contributed by atoms with E-state index >= 15 is 0 Å². The third-order valence-corrected chi connectivity index (χ3v) is 2.58. The monoisotopic (exact) mass is 308 g/mol. The lowest BCUT2D eigenvalue weighted by molar-refractivity contribution is -0.141. The number of aromatic nitrogens is 1. The molecule has 0 aliphatic heterocycles. The summed E-state index contributed by atoms with van der Waals surface area (Å²) in [5.74, 6) is -1.96. The number of hydrogen-bond donors (Lipinski definition) is 0. The maximum Gasteiger partial charge on any atom is 0.406 e. The summed E-state index contributed by atoms with van der Waals surface area (Å²) in [4.78, 5) is 16.1. The molecule has 0 aliphatic carbocycles. The summed E-state index contributed by atoms with van der Waals surface area (Å²) in [6.07, 6.45) is -2.37. The molecule has 0 aliphatic rings. The van der Waals surface area contributed by atoms with Gasteiger partial charge in [0.2, 0.25) is 0 Å². The second kappa shape index (κ2) is 7.92. The van der Waals surface area contributed by atoms with Gasteiger partial charge in [-0.1, -0.05) is 0 Å². The van der Waals surface area contributed by atoms with E-state index in [0.29, 0.717) is 11.5 Å². The van der Waals surface area contributed by atoms with Crippen LogP contribution >= 0.6 is 0 Å². The Morgan fingerprint density at radius 2 is 2.14 bits per heavy atom. The minimum Gasteiger partial charge on any atom is -0.382 e. The molecule has 1 heterocycles. The number of alkyl halides is 3. The Kier molecular flexibility index (Phi) is 6.54. The fourth-order valence-corrected chi connectivity index (χ4v) is 1.69. The molecule has 0 atom stereocenters. The predicted octanol–water partition coefficient (Wildman–Crippen LogP) is 2.65. The van der Waals surface area contributed by atoms with Gasteiger partial charge in [0.05, 0.1) is 11.8 Å². The van der Waals surface area contributed by atoms with E-state index in [9.17, 15) is 22.4 Å². The van der Waals surface area contributed by atoms with Crippen LogP contribution in [0, 0.1) is 5.82 Å². The number of amides is 1. The van der Waals surface area contributed by atoms with E-state index in [2.05, 4.69) is 4.98 Å². The van der Waals surface area contributed by atoms with E-state index in [1.807, 2.05) is 0 Å². The van der Waals surface area contributed by atoms with Crippen LogP contribution in [-0.4, -0.2) is 48.3 Å². The number of nitrogens with zero attached hydrogens (tertiary/aromatic N) is 2. The minimum atomic E-state index is -4.55. The van der Waals surface area contributed by atoms with Gasteiger partial charge in [0, 0.05) is 26.0 Å². The van der Waals surface area contributed by atoms with E-state index in [4.69, 9.17) is 4.74 Å². The predicted molar refractivity (Wildman–Crippen MR) is 67.3 cm³/mol. The maximum atomic E-state index is 13.5. The normalized spacial score (nSPS) is 11.5. The summed E-state index contributed by atoms with van der Waals surface area (Å²) in [7, 11) is 0. The van der Waals surface area contributed by atoms with Crippen molar-refractivity contribution >= 4 is 5.91 Å². The van der Waals surface area contributed by atoms with Gasteiger partial charge < -0.3 is 9.64 Å². The first kappa shape index (κ1) is 17.4. The molecule has 0 spiro atoms. The number of carbonyl (C=O) groups excluding carboxylic acids is 1. The molecule has 21 heavy (non-hydrogen) atoms. The summed E-state index contributed by atoms with van der Waals surface area (Å²) in [5, 5.41) is 0. The van der Waals surface area contributed by atoms with Crippen molar-refractivity contribution in [2.24, 2.45) is 0 Å². The lowest BCUT2D eigenvalue weighted by Crippen LogP contribution is -2.40. The lowest BCUT2D eigenvalue weighted by Gasteiger charge is -2.24. The van der Waals surface area contributed by atoms with Crippen LogP contribution in [0.25, 0.3) is 0 Å². The first-order valence-corrected chi connectivity index (χ1v) is 6.38. The van der Waals surface area contributed by atoms with Gasteiger partial charge in [-0.15, -0.1) is 0 Å². The third kappa shape index (κ3) is 6.07. The molecule has 0 bridgehead atoms. The van der Waals surface area contributed by atoms with Gasteiger partial charge in [0.25, 0.3) is 5.91 Å². The lowest BCUT2D eigenvalue weighted by atomic mass is 10.2. The molecule has 0 saturated heterocycles. The summed E-state index contributed by atoms with van der Waals surface area (Å²) < 4.78 is 56.1. The van der Waals surface area contributed by atoms with Crippen LogP contribution in [-0.2, 0) is 4.74 Å². The highest BCUT2D eigenvalue weighted by Gasteiger charge is 2.33. The Hall–Kier alpha value is -1.70. The molecule has 0 radical (unpaired) electrons. The molecule has 1 aromatic rings. The summed E-state index contributed by atoms with van der Waals surface area (Å²) in [6, 6.07) is 1.06. The molecule has 0 aromatic carbocycles. The summed E-state index contributed by atoms with van der Waals surface area (Å²) in [5.41, 5.74) is -0.425. The van der Waals surface area contributed by atoms with E-state index < -0.39 is 30.0 Å². The largest absolute Gasteiger partial charge is 0.406 e. The Labute approximate surface area is 119 Å². The van der Waals surface area contributed by atoms with Crippen molar-refractivity contribution < 1.29 is 27.1 Å². The Balaban J connectivity index is 2.79. The molecule has 0 fully saturated rings. The standard InChI is InChI=1S/C13H16F4N2O2/c1-2-21-7-3-6-19(9-13(15,16)17)12(20)10-4-5-18-8-11(10)14/h4-5,8H,2-3,6-7,9H2,1H3. The zero-order chi connectivity index (χ0) is 15.9. The van der Waals surface area contributed by atoms with Crippen LogP contribution in [0.1, 0.15) is 23.7 Å². The van der Waals surface area contributed by atoms with Crippen molar-refractivity contribution in [3.05, 3.63) is 29.8 Å². The van der Waals surface area contributed by atoms with E-state index in [1.54, 1.807) is 6.92 Å². The second-order valence-corrected chi connectivity index (χ2v) is 4.25. The fourth-order valence-electron chi connectivity index (χ4n) is 1.69. The third-order valence-electron chi connectivity index (χ3n) is 2.58. The molecule has 8 heteroatoms. The first-order valence-electron chi connectivity index (χ1n) is 6.38. The maximum absolute atomic E-state index is 13.5. The zero-order valence-corrected chi connectivity index (χ0v) is 11.5. The molecule has 118 valence electrons. The highest BCUT2D eigenvalue weighted by atomic mass is 19.4. The molecule has 1 amide bonds. The second-order valence-electron chi connectivity index (χ2n) is 4.25. The Bertz CT molecular complexity index is 466. The fraction of sp³-hybridized carbons (Fsp3) is 0.538. The van der Waals surface area contributed by atoms with Crippen molar-refractivity contribution in [2.45, 2.75) is 19.5 Å². The summed E-state index contributed by atoms with van der Waals surface area (Å²) in [6.45, 7) is 0.827. The highest BCUT2D eigenvalue weighted by Crippen LogP contribution is 2.19. The molecular weight excluding hydrogens is 292 g/mol. The molecule has 0 saturated carbocycles. The van der Waals surface area contributed by atoms with Crippen molar-refractivity contribution in [2.75, 3.05) is 26.3 Å². The molecule has 4 nitrogen and oxygen atoms in total. The van der Waals surface area contributed by atoms with E-state index in [0.717, 1.165) is 18.5 Å². The van der Waals surface area contributed by atoms with Crippen molar-refractivity contribution in [1.82, 2.24) is 9.88 Å². The number of ether oxygens (including phenoxy) is 1. The average Bonchev–Trinajstić information content (AvgIpc) is 2.41. The molecule has 1 rings (SSSR count). The van der Waals surface area contributed by atoms with Crippen LogP contribution in [0.4, 0.5) is 17.6 Å². The van der Waals surface area contributed by atoms with E-state index in [-0.39, 0.29) is 19.6 Å². The highest BCUT2D eigenvalue weighted by molar-refractivity contribution is 5.94. The molecule has 0 unspecified atom stereocenters. The smallest absolute Gasteiger partial charge is 0.382 e. The number of hydrogen-bond acceptors (Lipinski definition) is 3. The van der Waals surface area contributed by atoms with Gasteiger partial charge in [-0.2, -0.15) is 13.2 Å². The van der Waals surface area contributed by atoms with Gasteiger partial charge in [-0.3, -0.25) is 9.78 Å². The van der Waals surface area contributed by atoms with Crippen LogP contribution < -0.4 is 0 Å². The van der Waals surface area contributed by atoms with Crippen LogP contribution in [0.5, 0.6) is 0 Å². The van der Waals surface area contributed by atoms with Crippen molar-refractivity contribution in [3.8, 4) is 0 Å². The quantitative estimate of drug-likeness (QED) is 0.574. The SMILES string of the molecule is CCOCCCN(CC(F)(F)F)C(=O)c1ccncc1F. The first-order chi connectivity index (χ1) is 9.85. The van der Waals surface area contributed by atoms with Gasteiger partial charge in [-0.05, 0) is 19.4 Å². The Morgan fingerprint density at radius 1 is 1.43 bits per heavy atom. The summed E-state index contributed by atoms with van der Waals surface area (Å²) >= 11 is 0. The van der Waals surface area contributed by atoms with Gasteiger partial charge >= 0.3 is 6.18 Å².